The van der Waals surface area contributed by atoms with Gasteiger partial charge in [0, 0.05) is 63.3 Å². The summed E-state index contributed by atoms with van der Waals surface area (Å²) in [5.74, 6) is 0.207. The van der Waals surface area contributed by atoms with E-state index >= 15 is 0 Å². The Balaban J connectivity index is 1.54. The van der Waals surface area contributed by atoms with Gasteiger partial charge in [-0.3, -0.25) is 14.6 Å². The number of amides is 2. The van der Waals surface area contributed by atoms with Gasteiger partial charge in [-0.25, -0.2) is 0 Å². The number of aromatic nitrogens is 1. The molecule has 1 fully saturated rings. The first kappa shape index (κ1) is 17.2. The van der Waals surface area contributed by atoms with Gasteiger partial charge in [-0.15, -0.1) is 0 Å². The molecule has 1 aromatic heterocycles. The summed E-state index contributed by atoms with van der Waals surface area (Å²) in [6.07, 6.45) is 2.23. The number of carbonyl (C=O) groups is 2. The topological polar surface area (TPSA) is 65.5 Å². The zero-order valence-corrected chi connectivity index (χ0v) is 14.8. The number of piperazine rings is 1. The summed E-state index contributed by atoms with van der Waals surface area (Å²) in [6.45, 7) is 6.70. The summed E-state index contributed by atoms with van der Waals surface area (Å²) >= 11 is 0. The van der Waals surface area contributed by atoms with Crippen molar-refractivity contribution in [2.45, 2.75) is 20.3 Å². The number of nitrogens with one attached hydrogen (secondary N) is 1. The van der Waals surface area contributed by atoms with E-state index in [9.17, 15) is 9.59 Å². The number of para-hydroxylation sites is 1. The van der Waals surface area contributed by atoms with Crippen LogP contribution < -0.4 is 5.32 Å². The predicted octanol–water partition coefficient (Wildman–Crippen LogP) is 2.04. The van der Waals surface area contributed by atoms with Gasteiger partial charge in [0.2, 0.25) is 11.8 Å². The van der Waals surface area contributed by atoms with Gasteiger partial charge in [0.25, 0.3) is 0 Å². The summed E-state index contributed by atoms with van der Waals surface area (Å²) in [5, 5.41) is 4.43. The Morgan fingerprint density at radius 1 is 1.12 bits per heavy atom. The predicted molar refractivity (Wildman–Crippen MR) is 98.4 cm³/mol. The minimum absolute atomic E-state index is 0.0774. The first-order valence-electron chi connectivity index (χ1n) is 8.68. The van der Waals surface area contributed by atoms with E-state index in [1.807, 2.05) is 36.1 Å². The molecule has 2 aromatic rings. The Morgan fingerprint density at radius 3 is 2.56 bits per heavy atom. The Labute approximate surface area is 147 Å². The first-order chi connectivity index (χ1) is 12.1. The maximum absolute atomic E-state index is 12.4. The summed E-state index contributed by atoms with van der Waals surface area (Å²) < 4.78 is 0. The maximum Gasteiger partial charge on any atom is 0.224 e. The Kier molecular flexibility index (Phi) is 5.16. The molecule has 1 aliphatic heterocycles. The van der Waals surface area contributed by atoms with Crippen LogP contribution in [0.25, 0.3) is 10.9 Å². The smallest absolute Gasteiger partial charge is 0.224 e. The number of hydrogen-bond donors (Lipinski definition) is 1. The lowest BCUT2D eigenvalue weighted by Gasteiger charge is -2.34. The van der Waals surface area contributed by atoms with Crippen molar-refractivity contribution in [2.75, 3.05) is 38.0 Å². The fourth-order valence-corrected chi connectivity index (χ4v) is 3.21. The fourth-order valence-electron chi connectivity index (χ4n) is 3.21. The highest BCUT2D eigenvalue weighted by Crippen LogP contribution is 2.23. The molecule has 6 nitrogen and oxygen atoms in total. The van der Waals surface area contributed by atoms with E-state index in [1.54, 1.807) is 18.0 Å². The van der Waals surface area contributed by atoms with Gasteiger partial charge in [-0.05, 0) is 18.6 Å². The van der Waals surface area contributed by atoms with Crippen molar-refractivity contribution in [2.24, 2.45) is 0 Å². The number of fused-ring (bicyclic) bond motifs is 1. The van der Waals surface area contributed by atoms with Crippen LogP contribution in [-0.2, 0) is 9.59 Å². The molecule has 1 N–H and O–H groups in total. The van der Waals surface area contributed by atoms with Crippen molar-refractivity contribution in [3.05, 3.63) is 36.0 Å². The normalized spacial score (nSPS) is 14.6. The summed E-state index contributed by atoms with van der Waals surface area (Å²) in [4.78, 5) is 31.8. The van der Waals surface area contributed by atoms with Crippen LogP contribution in [0.5, 0.6) is 0 Å². The molecule has 6 heteroatoms. The zero-order chi connectivity index (χ0) is 17.8. The van der Waals surface area contributed by atoms with Crippen LogP contribution in [0.15, 0.2) is 30.5 Å². The zero-order valence-electron chi connectivity index (χ0n) is 14.8. The van der Waals surface area contributed by atoms with Crippen molar-refractivity contribution in [1.29, 1.82) is 0 Å². The van der Waals surface area contributed by atoms with E-state index in [2.05, 4.69) is 10.3 Å². The lowest BCUT2D eigenvalue weighted by atomic mass is 10.1. The van der Waals surface area contributed by atoms with E-state index in [4.69, 9.17) is 0 Å². The highest BCUT2D eigenvalue weighted by Gasteiger charge is 2.21. The number of benzene rings is 1. The molecule has 2 heterocycles. The van der Waals surface area contributed by atoms with Gasteiger partial charge >= 0.3 is 0 Å². The molecule has 0 radical (unpaired) electrons. The Bertz CT molecular complexity index is 782. The van der Waals surface area contributed by atoms with Crippen LogP contribution in [0.3, 0.4) is 0 Å². The molecule has 1 aliphatic rings. The van der Waals surface area contributed by atoms with Gasteiger partial charge in [-0.2, -0.15) is 0 Å². The number of anilines is 1. The van der Waals surface area contributed by atoms with E-state index in [-0.39, 0.29) is 11.8 Å². The van der Waals surface area contributed by atoms with Crippen molar-refractivity contribution in [3.63, 3.8) is 0 Å². The summed E-state index contributed by atoms with van der Waals surface area (Å²) in [6, 6.07) is 8.05. The largest absolute Gasteiger partial charge is 0.384 e. The van der Waals surface area contributed by atoms with Crippen LogP contribution in [0.4, 0.5) is 5.69 Å². The van der Waals surface area contributed by atoms with Gasteiger partial charge in [0.15, 0.2) is 0 Å². The van der Waals surface area contributed by atoms with Gasteiger partial charge < -0.3 is 15.1 Å². The molecule has 0 saturated carbocycles. The minimum atomic E-state index is 0.0774. The molecule has 0 atom stereocenters. The number of carbonyl (C=O) groups excluding carboxylic acids is 2. The average molecular weight is 340 g/mol. The molecular formula is C19H24N4O2. The molecule has 1 saturated heterocycles. The van der Waals surface area contributed by atoms with Crippen LogP contribution >= 0.6 is 0 Å². The third-order valence-corrected chi connectivity index (χ3v) is 4.70. The third kappa shape index (κ3) is 3.90. The minimum Gasteiger partial charge on any atom is -0.384 e. The molecule has 0 aliphatic carbocycles. The van der Waals surface area contributed by atoms with Crippen LogP contribution in [0, 0.1) is 6.92 Å². The van der Waals surface area contributed by atoms with E-state index in [0.717, 1.165) is 22.2 Å². The van der Waals surface area contributed by atoms with Crippen LogP contribution in [-0.4, -0.2) is 59.3 Å². The Morgan fingerprint density at radius 2 is 1.84 bits per heavy atom. The van der Waals surface area contributed by atoms with Crippen molar-refractivity contribution >= 4 is 28.4 Å². The third-order valence-electron chi connectivity index (χ3n) is 4.70. The summed E-state index contributed by atoms with van der Waals surface area (Å²) in [5.41, 5.74) is 3.13. The molecular weight excluding hydrogens is 316 g/mol. The Hall–Kier alpha value is -2.63. The second-order valence-corrected chi connectivity index (χ2v) is 6.39. The number of rotatable bonds is 4. The van der Waals surface area contributed by atoms with Crippen molar-refractivity contribution < 1.29 is 9.59 Å². The number of pyridine rings is 1. The highest BCUT2D eigenvalue weighted by molar-refractivity contribution is 5.93. The standard InChI is InChI=1S/C19H24N4O2/c1-14-4-3-5-16-17(6-8-21-19(14)16)20-9-7-18(25)23-12-10-22(11-13-23)15(2)24/h3-6,8H,7,9-13H2,1-2H3,(H,20,21). The maximum atomic E-state index is 12.4. The van der Waals surface area contributed by atoms with Crippen LogP contribution in [0.1, 0.15) is 18.9 Å². The van der Waals surface area contributed by atoms with E-state index in [0.29, 0.717) is 39.1 Å². The molecule has 0 unspecified atom stereocenters. The number of nitrogens with zero attached hydrogens (tertiary/aromatic N) is 3. The molecule has 0 spiro atoms. The second-order valence-electron chi connectivity index (χ2n) is 6.39. The van der Waals surface area contributed by atoms with E-state index in [1.165, 1.54) is 0 Å². The molecule has 132 valence electrons. The fraction of sp³-hybridized carbons (Fsp3) is 0.421. The first-order valence-corrected chi connectivity index (χ1v) is 8.68. The molecule has 3 rings (SSSR count). The second kappa shape index (κ2) is 7.51. The lowest BCUT2D eigenvalue weighted by molar-refractivity contribution is -0.138. The van der Waals surface area contributed by atoms with Gasteiger partial charge in [-0.1, -0.05) is 18.2 Å². The summed E-state index contributed by atoms with van der Waals surface area (Å²) in [7, 11) is 0. The van der Waals surface area contributed by atoms with Crippen LogP contribution in [0.2, 0.25) is 0 Å². The average Bonchev–Trinajstić information content (AvgIpc) is 2.62. The van der Waals surface area contributed by atoms with Crippen molar-refractivity contribution in [3.8, 4) is 0 Å². The molecule has 2 amide bonds. The molecule has 25 heavy (non-hydrogen) atoms. The van der Waals surface area contributed by atoms with Gasteiger partial charge in [0.1, 0.15) is 0 Å². The lowest BCUT2D eigenvalue weighted by Crippen LogP contribution is -2.50. The van der Waals surface area contributed by atoms with E-state index < -0.39 is 0 Å². The monoisotopic (exact) mass is 340 g/mol. The SMILES string of the molecule is CC(=O)N1CCN(C(=O)CCNc2ccnc3c(C)cccc23)CC1. The molecule has 1 aromatic carbocycles. The van der Waals surface area contributed by atoms with Gasteiger partial charge in [0.05, 0.1) is 5.52 Å². The highest BCUT2D eigenvalue weighted by atomic mass is 16.2. The van der Waals surface area contributed by atoms with Crippen molar-refractivity contribution in [1.82, 2.24) is 14.8 Å². The number of aryl methyl sites for hydroxylation is 1. The quantitative estimate of drug-likeness (QED) is 0.925. The number of hydrogen-bond acceptors (Lipinski definition) is 4. The molecule has 0 bridgehead atoms.